The van der Waals surface area contributed by atoms with E-state index in [0.717, 1.165) is 0 Å². The Morgan fingerprint density at radius 2 is 1.85 bits per heavy atom. The van der Waals surface area contributed by atoms with Gasteiger partial charge in [0.2, 0.25) is 0 Å². The zero-order valence-corrected chi connectivity index (χ0v) is 11.7. The van der Waals surface area contributed by atoms with Gasteiger partial charge in [0.05, 0.1) is 6.54 Å². The molecule has 0 aliphatic heterocycles. The van der Waals surface area contributed by atoms with Crippen molar-refractivity contribution in [1.82, 2.24) is 5.32 Å². The number of thiophene rings is 1. The molecule has 0 fully saturated rings. The van der Waals surface area contributed by atoms with E-state index in [1.54, 1.807) is 11.3 Å². The Balaban J connectivity index is 1.97. The van der Waals surface area contributed by atoms with E-state index in [4.69, 9.17) is 11.1 Å². The van der Waals surface area contributed by atoms with Crippen molar-refractivity contribution in [3.63, 3.8) is 0 Å². The molecule has 1 heterocycles. The van der Waals surface area contributed by atoms with Crippen LogP contribution in [0, 0.1) is 5.41 Å². The van der Waals surface area contributed by atoms with Gasteiger partial charge >= 0.3 is 0 Å². The molecule has 4 N–H and O–H groups in total. The molecule has 4 heteroatoms. The number of nitrogens with one attached hydrogen (secondary N) is 2. The first-order valence-electron chi connectivity index (χ1n) is 6.39. The molecular formula is C16H15N3S. The second-order valence-corrected chi connectivity index (χ2v) is 5.73. The molecule has 0 aliphatic carbocycles. The minimum absolute atomic E-state index is 0.00473. The van der Waals surface area contributed by atoms with Crippen molar-refractivity contribution in [2.75, 3.05) is 0 Å². The molecule has 100 valence electrons. The molecule has 20 heavy (non-hydrogen) atoms. The monoisotopic (exact) mass is 281 g/mol. The summed E-state index contributed by atoms with van der Waals surface area (Å²) < 4.78 is 0. The van der Waals surface area contributed by atoms with Crippen LogP contribution in [-0.2, 0) is 6.54 Å². The molecule has 0 unspecified atom stereocenters. The van der Waals surface area contributed by atoms with Crippen LogP contribution in [0.25, 0.3) is 21.2 Å². The molecule has 0 bridgehead atoms. The molecule has 3 aromatic rings. The highest BCUT2D eigenvalue weighted by Gasteiger charge is 2.06. The Morgan fingerprint density at radius 3 is 2.70 bits per heavy atom. The van der Waals surface area contributed by atoms with Gasteiger partial charge in [0.1, 0.15) is 0 Å². The topological polar surface area (TPSA) is 61.9 Å². The Hall–Kier alpha value is -2.33. The number of benzene rings is 2. The van der Waals surface area contributed by atoms with Gasteiger partial charge in [0.25, 0.3) is 0 Å². The maximum absolute atomic E-state index is 7.19. The zero-order chi connectivity index (χ0) is 13.9. The third-order valence-electron chi connectivity index (χ3n) is 3.17. The second-order valence-electron chi connectivity index (χ2n) is 4.56. The number of rotatable bonds is 3. The van der Waals surface area contributed by atoms with E-state index in [0.29, 0.717) is 6.54 Å². The number of hydrogen-bond donors (Lipinski definition) is 3. The van der Waals surface area contributed by atoms with Gasteiger partial charge in [-0.05, 0) is 28.5 Å². The molecule has 0 atom stereocenters. The molecule has 0 radical (unpaired) electrons. The van der Waals surface area contributed by atoms with E-state index in [9.17, 15) is 0 Å². The fourth-order valence-corrected chi connectivity index (χ4v) is 3.23. The summed E-state index contributed by atoms with van der Waals surface area (Å²) in [4.78, 5) is 2.41. The van der Waals surface area contributed by atoms with Crippen LogP contribution in [-0.4, -0.2) is 5.96 Å². The maximum Gasteiger partial charge on any atom is 0.186 e. The molecule has 0 saturated carbocycles. The van der Waals surface area contributed by atoms with Gasteiger partial charge in [-0.25, -0.2) is 0 Å². The minimum atomic E-state index is 0.00473. The Kier molecular flexibility index (Phi) is 3.39. The lowest BCUT2D eigenvalue weighted by molar-refractivity contribution is 0.914. The number of nitrogens with two attached hydrogens (primary N) is 1. The average molecular weight is 281 g/mol. The normalized spacial score (nSPS) is 10.6. The van der Waals surface area contributed by atoms with E-state index in [1.165, 1.54) is 26.1 Å². The lowest BCUT2D eigenvalue weighted by atomic mass is 10.0. The van der Waals surface area contributed by atoms with Crippen molar-refractivity contribution in [3.05, 3.63) is 59.5 Å². The highest BCUT2D eigenvalue weighted by molar-refractivity contribution is 7.15. The van der Waals surface area contributed by atoms with E-state index < -0.39 is 0 Å². The van der Waals surface area contributed by atoms with E-state index in [-0.39, 0.29) is 5.96 Å². The molecule has 3 nitrogen and oxygen atoms in total. The summed E-state index contributed by atoms with van der Waals surface area (Å²) >= 11 is 1.73. The SMILES string of the molecule is N=C(N)NCc1ccc(-c2cccc3ccccc23)s1. The molecule has 3 rings (SSSR count). The summed E-state index contributed by atoms with van der Waals surface area (Å²) in [7, 11) is 0. The standard InChI is InChI=1S/C16H15N3S/c17-16(18)19-10-12-8-9-15(20-12)14-7-3-5-11-4-1-2-6-13(11)14/h1-9H,10H2,(H4,17,18,19). The first-order valence-corrected chi connectivity index (χ1v) is 7.20. The van der Waals surface area contributed by atoms with Crippen molar-refractivity contribution in [2.24, 2.45) is 5.73 Å². The molecule has 0 aliphatic rings. The van der Waals surface area contributed by atoms with Crippen LogP contribution in [0.2, 0.25) is 0 Å². The van der Waals surface area contributed by atoms with Gasteiger partial charge in [0, 0.05) is 9.75 Å². The number of fused-ring (bicyclic) bond motifs is 1. The first-order chi connectivity index (χ1) is 9.74. The van der Waals surface area contributed by atoms with Crippen molar-refractivity contribution in [3.8, 4) is 10.4 Å². The van der Waals surface area contributed by atoms with Crippen molar-refractivity contribution >= 4 is 28.1 Å². The third-order valence-corrected chi connectivity index (χ3v) is 4.29. The van der Waals surface area contributed by atoms with Crippen LogP contribution in [0.5, 0.6) is 0 Å². The molecule has 2 aromatic carbocycles. The van der Waals surface area contributed by atoms with Crippen LogP contribution in [0.4, 0.5) is 0 Å². The smallest absolute Gasteiger partial charge is 0.186 e. The first kappa shape index (κ1) is 12.7. The minimum Gasteiger partial charge on any atom is -0.370 e. The van der Waals surface area contributed by atoms with E-state index in [1.807, 2.05) is 0 Å². The van der Waals surface area contributed by atoms with Gasteiger partial charge in [-0.2, -0.15) is 0 Å². The highest BCUT2D eigenvalue weighted by atomic mass is 32.1. The summed E-state index contributed by atoms with van der Waals surface area (Å²) in [6, 6.07) is 19.0. The predicted molar refractivity (Wildman–Crippen MR) is 86.0 cm³/mol. The van der Waals surface area contributed by atoms with Gasteiger partial charge in [-0.15, -0.1) is 11.3 Å². The quantitative estimate of drug-likeness (QED) is 0.508. The summed E-state index contributed by atoms with van der Waals surface area (Å²) in [6.07, 6.45) is 0. The van der Waals surface area contributed by atoms with Crippen LogP contribution >= 0.6 is 11.3 Å². The Morgan fingerprint density at radius 1 is 1.05 bits per heavy atom. The van der Waals surface area contributed by atoms with Gasteiger partial charge < -0.3 is 11.1 Å². The van der Waals surface area contributed by atoms with Gasteiger partial charge in [-0.3, -0.25) is 5.41 Å². The van der Waals surface area contributed by atoms with E-state index in [2.05, 4.69) is 59.9 Å². The molecule has 0 amide bonds. The molecular weight excluding hydrogens is 266 g/mol. The largest absolute Gasteiger partial charge is 0.370 e. The lowest BCUT2D eigenvalue weighted by Gasteiger charge is -2.04. The van der Waals surface area contributed by atoms with Crippen molar-refractivity contribution in [2.45, 2.75) is 6.54 Å². The summed E-state index contributed by atoms with van der Waals surface area (Å²) in [5, 5.41) is 12.5. The fourth-order valence-electron chi connectivity index (χ4n) is 2.24. The van der Waals surface area contributed by atoms with Crippen LogP contribution in [0.1, 0.15) is 4.88 Å². The van der Waals surface area contributed by atoms with E-state index >= 15 is 0 Å². The summed E-state index contributed by atoms with van der Waals surface area (Å²) in [5.74, 6) is 0.00473. The maximum atomic E-state index is 7.19. The molecule has 1 aromatic heterocycles. The fraction of sp³-hybridized carbons (Fsp3) is 0.0625. The summed E-state index contributed by atoms with van der Waals surface area (Å²) in [6.45, 7) is 0.602. The second kappa shape index (κ2) is 5.35. The lowest BCUT2D eigenvalue weighted by Crippen LogP contribution is -2.29. The summed E-state index contributed by atoms with van der Waals surface area (Å²) in [5.41, 5.74) is 6.56. The predicted octanol–water partition coefficient (Wildman–Crippen LogP) is 3.55. The zero-order valence-electron chi connectivity index (χ0n) is 10.9. The third kappa shape index (κ3) is 2.51. The average Bonchev–Trinajstić information content (AvgIpc) is 2.93. The van der Waals surface area contributed by atoms with Gasteiger partial charge in [-0.1, -0.05) is 42.5 Å². The van der Waals surface area contributed by atoms with Crippen molar-refractivity contribution in [1.29, 1.82) is 5.41 Å². The van der Waals surface area contributed by atoms with Gasteiger partial charge in [0.15, 0.2) is 5.96 Å². The van der Waals surface area contributed by atoms with Crippen LogP contribution < -0.4 is 11.1 Å². The molecule has 0 saturated heterocycles. The Labute approximate surface area is 121 Å². The van der Waals surface area contributed by atoms with Crippen molar-refractivity contribution < 1.29 is 0 Å². The number of guanidine groups is 1. The number of hydrogen-bond acceptors (Lipinski definition) is 2. The van der Waals surface area contributed by atoms with Crippen LogP contribution in [0.15, 0.2) is 54.6 Å². The molecule has 0 spiro atoms. The van der Waals surface area contributed by atoms with Crippen LogP contribution in [0.3, 0.4) is 0 Å². The highest BCUT2D eigenvalue weighted by Crippen LogP contribution is 2.33. The Bertz CT molecular complexity index is 756.